The summed E-state index contributed by atoms with van der Waals surface area (Å²) >= 11 is 0. The summed E-state index contributed by atoms with van der Waals surface area (Å²) in [6.45, 7) is 11.5. The molecule has 2 nitrogen and oxygen atoms in total. The van der Waals surface area contributed by atoms with E-state index in [1.807, 2.05) is 0 Å². The normalized spacial score (nSPS) is 17.1. The molecule has 0 spiro atoms. The van der Waals surface area contributed by atoms with Gasteiger partial charge in [0.25, 0.3) is 0 Å². The van der Waals surface area contributed by atoms with Crippen LogP contribution in [0.15, 0.2) is 132 Å². The second-order valence-electron chi connectivity index (χ2n) is 17.0. The van der Waals surface area contributed by atoms with E-state index in [9.17, 15) is 0 Å². The van der Waals surface area contributed by atoms with Gasteiger partial charge in [-0.1, -0.05) is 106 Å². The van der Waals surface area contributed by atoms with Gasteiger partial charge in [-0.25, -0.2) is 0 Å². The number of nitrogens with one attached hydrogen (secondary N) is 1. The minimum atomic E-state index is -0.0863. The third-order valence-electron chi connectivity index (χ3n) is 13.7. The maximum absolute atomic E-state index is 3.84. The molecule has 5 aromatic carbocycles. The van der Waals surface area contributed by atoms with Crippen LogP contribution in [0.5, 0.6) is 0 Å². The molecule has 0 unspecified atom stereocenters. The topological polar surface area (TPSA) is 20.7 Å². The predicted octanol–water partition coefficient (Wildman–Crippen LogP) is 14.4. The summed E-state index contributed by atoms with van der Waals surface area (Å²) in [5.74, 6) is 0. The number of hydrogen-bond donors (Lipinski definition) is 1. The van der Waals surface area contributed by atoms with Crippen molar-refractivity contribution in [3.05, 3.63) is 171 Å². The van der Waals surface area contributed by atoms with Gasteiger partial charge < -0.3 is 9.55 Å². The molecule has 0 bridgehead atoms. The minimum absolute atomic E-state index is 0.0863. The molecule has 274 valence electrons. The van der Waals surface area contributed by atoms with Crippen molar-refractivity contribution in [1.29, 1.82) is 0 Å². The first kappa shape index (κ1) is 33.5. The molecule has 2 heteroatoms. The van der Waals surface area contributed by atoms with Gasteiger partial charge in [0.2, 0.25) is 0 Å². The predicted molar refractivity (Wildman–Crippen MR) is 239 cm³/mol. The van der Waals surface area contributed by atoms with E-state index in [1.165, 1.54) is 122 Å². The van der Waals surface area contributed by atoms with Crippen molar-refractivity contribution < 1.29 is 0 Å². The van der Waals surface area contributed by atoms with Crippen LogP contribution in [0.2, 0.25) is 0 Å². The Labute approximate surface area is 330 Å². The molecule has 11 rings (SSSR count). The lowest BCUT2D eigenvalue weighted by Gasteiger charge is -2.22. The van der Waals surface area contributed by atoms with Gasteiger partial charge in [0.05, 0.1) is 16.6 Å². The molecule has 0 radical (unpaired) electrons. The number of hydrogen-bond acceptors (Lipinski definition) is 0. The fourth-order valence-electron chi connectivity index (χ4n) is 10.9. The summed E-state index contributed by atoms with van der Waals surface area (Å²) in [5, 5.41) is 4.02. The molecule has 0 saturated heterocycles. The number of fused-ring (bicyclic) bond motifs is 11. The summed E-state index contributed by atoms with van der Waals surface area (Å²) < 4.78 is 2.55. The second kappa shape index (κ2) is 12.3. The van der Waals surface area contributed by atoms with Crippen LogP contribution in [-0.4, -0.2) is 9.55 Å². The molecular weight excluding hydrogens is 677 g/mol. The summed E-state index contributed by atoms with van der Waals surface area (Å²) in [5.41, 5.74) is 26.2. The van der Waals surface area contributed by atoms with Crippen molar-refractivity contribution in [1.82, 2.24) is 9.55 Å². The molecule has 2 heterocycles. The van der Waals surface area contributed by atoms with Crippen LogP contribution < -0.4 is 0 Å². The van der Waals surface area contributed by atoms with E-state index >= 15 is 0 Å². The van der Waals surface area contributed by atoms with Crippen molar-refractivity contribution in [2.24, 2.45) is 0 Å². The van der Waals surface area contributed by atoms with Crippen molar-refractivity contribution in [3.8, 4) is 22.3 Å². The molecule has 1 N–H and O–H groups in total. The number of rotatable bonds is 5. The van der Waals surface area contributed by atoms with E-state index in [4.69, 9.17) is 0 Å². The van der Waals surface area contributed by atoms with E-state index < -0.39 is 0 Å². The molecule has 4 aliphatic rings. The standard InChI is InChI=1S/C54H48N2/c1-6-38(45-30-36-12-8-9-13-40(36)39(45)7-2)33-17-21-37(22-18-33)56-50-27-20-34(29-46(50)42-23-16-32(3)28-51(42)56)35-19-24-44-48(31-35)54(4,5)47-26-25-43-41-14-10-11-15-49(41)55-53(43)52(44)47/h6,8-9,11-13,15-17,19-21,23-29,31,55H,7,10,14,18,22,30H2,1-5H3/b38-6-. The monoisotopic (exact) mass is 724 g/mol. The van der Waals surface area contributed by atoms with Crippen molar-refractivity contribution >= 4 is 50.1 Å². The second-order valence-corrected chi connectivity index (χ2v) is 17.0. The molecule has 0 fully saturated rings. The Bertz CT molecular complexity index is 3010. The van der Waals surface area contributed by atoms with Crippen molar-refractivity contribution in [2.45, 2.75) is 78.6 Å². The van der Waals surface area contributed by atoms with Crippen LogP contribution in [0, 0.1) is 6.92 Å². The van der Waals surface area contributed by atoms with Gasteiger partial charge in [-0.2, -0.15) is 0 Å². The van der Waals surface area contributed by atoms with Gasteiger partial charge in [0.15, 0.2) is 0 Å². The molecule has 0 amide bonds. The third kappa shape index (κ3) is 4.75. The quantitative estimate of drug-likeness (QED) is 0.182. The lowest BCUT2D eigenvalue weighted by Crippen LogP contribution is -2.15. The first-order chi connectivity index (χ1) is 27.3. The number of aryl methyl sites for hydroxylation is 2. The van der Waals surface area contributed by atoms with Gasteiger partial charge in [-0.3, -0.25) is 0 Å². The summed E-state index contributed by atoms with van der Waals surface area (Å²) in [4.78, 5) is 3.84. The van der Waals surface area contributed by atoms with Crippen molar-refractivity contribution in [2.75, 3.05) is 0 Å². The molecule has 7 aromatic rings. The summed E-state index contributed by atoms with van der Waals surface area (Å²) in [6, 6.07) is 35.1. The largest absolute Gasteiger partial charge is 0.354 e. The van der Waals surface area contributed by atoms with Gasteiger partial charge in [0, 0.05) is 38.5 Å². The Morgan fingerprint density at radius 1 is 0.786 bits per heavy atom. The van der Waals surface area contributed by atoms with Gasteiger partial charge >= 0.3 is 0 Å². The Morgan fingerprint density at radius 3 is 2.46 bits per heavy atom. The summed E-state index contributed by atoms with van der Waals surface area (Å²) in [6.07, 6.45) is 18.1. The minimum Gasteiger partial charge on any atom is -0.354 e. The lowest BCUT2D eigenvalue weighted by molar-refractivity contribution is 0.661. The fourth-order valence-corrected chi connectivity index (χ4v) is 10.9. The smallest absolute Gasteiger partial charge is 0.0544 e. The zero-order valence-corrected chi connectivity index (χ0v) is 33.2. The highest BCUT2D eigenvalue weighted by atomic mass is 15.0. The zero-order valence-electron chi connectivity index (χ0n) is 33.2. The first-order valence-electron chi connectivity index (χ1n) is 20.8. The number of H-pyrrole nitrogens is 1. The van der Waals surface area contributed by atoms with Crippen molar-refractivity contribution in [3.63, 3.8) is 0 Å². The molecule has 0 aliphatic heterocycles. The number of nitrogens with zero attached hydrogens (tertiary/aromatic N) is 1. The Morgan fingerprint density at radius 2 is 1.62 bits per heavy atom. The lowest BCUT2D eigenvalue weighted by atomic mass is 9.81. The van der Waals surface area contributed by atoms with E-state index in [-0.39, 0.29) is 5.41 Å². The highest BCUT2D eigenvalue weighted by Gasteiger charge is 2.37. The Balaban J connectivity index is 0.990. The fraction of sp³-hybridized carbons (Fsp3) is 0.222. The maximum atomic E-state index is 3.84. The van der Waals surface area contributed by atoms with Crippen LogP contribution in [0.4, 0.5) is 0 Å². The molecule has 4 aliphatic carbocycles. The molecule has 2 aromatic heterocycles. The van der Waals surface area contributed by atoms with E-state index in [1.54, 1.807) is 0 Å². The van der Waals surface area contributed by atoms with Gasteiger partial charge in [-0.15, -0.1) is 0 Å². The summed E-state index contributed by atoms with van der Waals surface area (Å²) in [7, 11) is 0. The molecular formula is C54H48N2. The molecule has 0 atom stereocenters. The zero-order chi connectivity index (χ0) is 37.9. The number of aromatic amines is 1. The first-order valence-corrected chi connectivity index (χ1v) is 20.8. The van der Waals surface area contributed by atoms with E-state index in [2.05, 4.69) is 166 Å². The average Bonchev–Trinajstić information content (AvgIpc) is 3.94. The van der Waals surface area contributed by atoms with Crippen LogP contribution in [0.1, 0.15) is 92.5 Å². The molecule has 0 saturated carbocycles. The van der Waals surface area contributed by atoms with Gasteiger partial charge in [-0.05, 0) is 161 Å². The number of benzene rings is 5. The van der Waals surface area contributed by atoms with Crippen LogP contribution in [-0.2, 0) is 18.3 Å². The van der Waals surface area contributed by atoms with Crippen LogP contribution >= 0.6 is 0 Å². The van der Waals surface area contributed by atoms with Crippen LogP contribution in [0.3, 0.4) is 0 Å². The van der Waals surface area contributed by atoms with E-state index in [0.29, 0.717) is 0 Å². The number of aromatic nitrogens is 2. The van der Waals surface area contributed by atoms with Crippen LogP contribution in [0.25, 0.3) is 72.3 Å². The highest BCUT2D eigenvalue weighted by molar-refractivity contribution is 6.12. The average molecular weight is 725 g/mol. The Hall–Kier alpha value is -5.86. The van der Waals surface area contributed by atoms with E-state index in [0.717, 1.165) is 38.5 Å². The Kier molecular flexibility index (Phi) is 7.37. The molecule has 56 heavy (non-hydrogen) atoms. The third-order valence-corrected chi connectivity index (χ3v) is 13.7. The highest BCUT2D eigenvalue weighted by Crippen LogP contribution is 2.53. The maximum Gasteiger partial charge on any atom is 0.0544 e. The number of allylic oxidation sites excluding steroid dienone is 9. The van der Waals surface area contributed by atoms with Gasteiger partial charge in [0.1, 0.15) is 0 Å². The SMILES string of the molecule is C/C=C(/C1=CC=C(n2c3ccc(-c4ccc5c(c4)C(C)(C)c4ccc6c7c([nH]c6c4-5)C=CCC7)cc3c3ccc(C)cc32)CC1)C1=C(CC)c2ccccc2C1.